The topological polar surface area (TPSA) is 50.4 Å². The lowest BCUT2D eigenvalue weighted by atomic mass is 10.0. The van der Waals surface area contributed by atoms with E-state index in [1.807, 2.05) is 27.7 Å². The van der Waals surface area contributed by atoms with E-state index in [4.69, 9.17) is 11.2 Å². The largest absolute Gasteiger partial charge is 0.444 e. The molecule has 0 spiro atoms. The third-order valence-corrected chi connectivity index (χ3v) is 3.28. The summed E-state index contributed by atoms with van der Waals surface area (Å²) in [5.41, 5.74) is -0.449. The van der Waals surface area contributed by atoms with E-state index in [9.17, 15) is 4.79 Å². The van der Waals surface area contributed by atoms with Crippen molar-refractivity contribution >= 4 is 6.09 Å². The highest BCUT2D eigenvalue weighted by atomic mass is 16.6. The van der Waals surface area contributed by atoms with Gasteiger partial charge in [-0.3, -0.25) is 0 Å². The maximum absolute atomic E-state index is 11.6. The highest BCUT2D eigenvalue weighted by Crippen LogP contribution is 2.25. The Morgan fingerprint density at radius 3 is 2.74 bits per heavy atom. The second-order valence-corrected chi connectivity index (χ2v) is 6.24. The van der Waals surface area contributed by atoms with Crippen molar-refractivity contribution in [3.63, 3.8) is 0 Å². The van der Waals surface area contributed by atoms with Crippen molar-refractivity contribution in [1.82, 2.24) is 10.6 Å². The number of terminal acetylenes is 1. The molecule has 2 N–H and O–H groups in total. The average molecular weight is 266 g/mol. The molecule has 19 heavy (non-hydrogen) atoms. The van der Waals surface area contributed by atoms with E-state index in [1.54, 1.807) is 0 Å². The highest BCUT2D eigenvalue weighted by molar-refractivity contribution is 5.67. The lowest BCUT2D eigenvalue weighted by Crippen LogP contribution is -2.43. The van der Waals surface area contributed by atoms with Gasteiger partial charge in [-0.2, -0.15) is 0 Å². The molecule has 1 aliphatic carbocycles. The van der Waals surface area contributed by atoms with Crippen LogP contribution in [0, 0.1) is 18.3 Å². The molecule has 4 heteroatoms. The zero-order valence-electron chi connectivity index (χ0n) is 12.5. The van der Waals surface area contributed by atoms with Gasteiger partial charge in [-0.25, -0.2) is 4.79 Å². The summed E-state index contributed by atoms with van der Waals surface area (Å²) in [7, 11) is 0. The van der Waals surface area contributed by atoms with Gasteiger partial charge in [0.05, 0.1) is 6.04 Å². The quantitative estimate of drug-likeness (QED) is 0.768. The van der Waals surface area contributed by atoms with Gasteiger partial charge in [0, 0.05) is 12.6 Å². The number of nitrogens with one attached hydrogen (secondary N) is 2. The molecule has 0 heterocycles. The Morgan fingerprint density at radius 2 is 2.16 bits per heavy atom. The molecular formula is C15H26N2O2. The third kappa shape index (κ3) is 5.98. The number of carbonyl (C=O) groups excluding carboxylic acids is 1. The normalized spacial score (nSPS) is 24.6. The van der Waals surface area contributed by atoms with Gasteiger partial charge in [0.1, 0.15) is 5.60 Å². The SMILES string of the molecule is C#CC(C)NC1CCCC1CNC(=O)OC(C)(C)C. The Balaban J connectivity index is 2.35. The van der Waals surface area contributed by atoms with E-state index in [1.165, 1.54) is 6.42 Å². The van der Waals surface area contributed by atoms with Crippen molar-refractivity contribution in [1.29, 1.82) is 0 Å². The van der Waals surface area contributed by atoms with Crippen LogP contribution in [-0.2, 0) is 4.74 Å². The maximum Gasteiger partial charge on any atom is 0.407 e. The van der Waals surface area contributed by atoms with Crippen LogP contribution in [0.3, 0.4) is 0 Å². The van der Waals surface area contributed by atoms with Gasteiger partial charge in [0.2, 0.25) is 0 Å². The minimum absolute atomic E-state index is 0.0760. The first-order chi connectivity index (χ1) is 8.81. The zero-order chi connectivity index (χ0) is 14.5. The van der Waals surface area contributed by atoms with E-state index < -0.39 is 5.60 Å². The smallest absolute Gasteiger partial charge is 0.407 e. The van der Waals surface area contributed by atoms with Crippen LogP contribution in [0.25, 0.3) is 0 Å². The summed E-state index contributed by atoms with van der Waals surface area (Å²) in [4.78, 5) is 11.6. The van der Waals surface area contributed by atoms with E-state index in [0.29, 0.717) is 18.5 Å². The molecule has 0 aromatic carbocycles. The molecule has 1 rings (SSSR count). The van der Waals surface area contributed by atoms with Crippen molar-refractivity contribution in [3.8, 4) is 12.3 Å². The summed E-state index contributed by atoms with van der Waals surface area (Å²) < 4.78 is 5.23. The van der Waals surface area contributed by atoms with Gasteiger partial charge in [0.25, 0.3) is 0 Å². The van der Waals surface area contributed by atoms with Crippen LogP contribution in [0.5, 0.6) is 0 Å². The fourth-order valence-corrected chi connectivity index (χ4v) is 2.40. The summed E-state index contributed by atoms with van der Waals surface area (Å²) in [5, 5.41) is 6.27. The summed E-state index contributed by atoms with van der Waals surface area (Å²) in [6.07, 6.45) is 8.45. The molecule has 3 atom stereocenters. The molecule has 0 bridgehead atoms. The zero-order valence-corrected chi connectivity index (χ0v) is 12.5. The minimum Gasteiger partial charge on any atom is -0.444 e. The van der Waals surface area contributed by atoms with Crippen LogP contribution in [0.4, 0.5) is 4.79 Å². The van der Waals surface area contributed by atoms with Crippen LogP contribution in [0.15, 0.2) is 0 Å². The first-order valence-electron chi connectivity index (χ1n) is 7.01. The second kappa shape index (κ2) is 6.81. The van der Waals surface area contributed by atoms with E-state index in [-0.39, 0.29) is 12.1 Å². The molecule has 1 saturated carbocycles. The number of amides is 1. The lowest BCUT2D eigenvalue weighted by Gasteiger charge is -2.24. The first-order valence-corrected chi connectivity index (χ1v) is 7.01. The maximum atomic E-state index is 11.6. The average Bonchev–Trinajstić information content (AvgIpc) is 2.71. The first kappa shape index (κ1) is 15.8. The Labute approximate surface area is 116 Å². The van der Waals surface area contributed by atoms with Gasteiger partial charge in [-0.15, -0.1) is 6.42 Å². The highest BCUT2D eigenvalue weighted by Gasteiger charge is 2.28. The van der Waals surface area contributed by atoms with Crippen LogP contribution in [-0.4, -0.2) is 30.3 Å². The molecule has 0 aromatic heterocycles. The Hall–Kier alpha value is -1.21. The molecule has 108 valence electrons. The molecule has 1 amide bonds. The Bertz CT molecular complexity index is 341. The van der Waals surface area contributed by atoms with Gasteiger partial charge in [-0.1, -0.05) is 12.3 Å². The molecule has 0 aromatic rings. The van der Waals surface area contributed by atoms with Crippen molar-refractivity contribution < 1.29 is 9.53 Å². The molecule has 1 fully saturated rings. The molecule has 0 aliphatic heterocycles. The fourth-order valence-electron chi connectivity index (χ4n) is 2.40. The van der Waals surface area contributed by atoms with E-state index in [0.717, 1.165) is 12.8 Å². The number of hydrogen-bond donors (Lipinski definition) is 2. The number of hydrogen-bond acceptors (Lipinski definition) is 3. The summed E-state index contributed by atoms with van der Waals surface area (Å²) >= 11 is 0. The summed E-state index contributed by atoms with van der Waals surface area (Å²) in [6, 6.07) is 0.466. The second-order valence-electron chi connectivity index (χ2n) is 6.24. The minimum atomic E-state index is -0.449. The number of carbonyl (C=O) groups is 1. The van der Waals surface area contributed by atoms with Gasteiger partial charge >= 0.3 is 6.09 Å². The molecule has 0 saturated heterocycles. The predicted octanol–water partition coefficient (Wildman–Crippen LogP) is 2.29. The van der Waals surface area contributed by atoms with Crippen LogP contribution in [0.2, 0.25) is 0 Å². The summed E-state index contributed by atoms with van der Waals surface area (Å²) in [5.74, 6) is 3.12. The van der Waals surface area contributed by atoms with Gasteiger partial charge in [0.15, 0.2) is 0 Å². The molecular weight excluding hydrogens is 240 g/mol. The van der Waals surface area contributed by atoms with Crippen LogP contribution < -0.4 is 10.6 Å². The van der Waals surface area contributed by atoms with Crippen molar-refractivity contribution in [2.75, 3.05) is 6.54 Å². The monoisotopic (exact) mass is 266 g/mol. The van der Waals surface area contributed by atoms with Crippen LogP contribution in [0.1, 0.15) is 47.0 Å². The Kier molecular flexibility index (Phi) is 5.68. The lowest BCUT2D eigenvalue weighted by molar-refractivity contribution is 0.0517. The molecule has 4 nitrogen and oxygen atoms in total. The number of rotatable bonds is 4. The fraction of sp³-hybridized carbons (Fsp3) is 0.800. The molecule has 1 aliphatic rings. The molecule has 0 radical (unpaired) electrons. The third-order valence-electron chi connectivity index (χ3n) is 3.28. The van der Waals surface area contributed by atoms with E-state index >= 15 is 0 Å². The van der Waals surface area contributed by atoms with Crippen LogP contribution >= 0.6 is 0 Å². The van der Waals surface area contributed by atoms with E-state index in [2.05, 4.69) is 16.6 Å². The van der Waals surface area contributed by atoms with Crippen molar-refractivity contribution in [2.24, 2.45) is 5.92 Å². The Morgan fingerprint density at radius 1 is 1.47 bits per heavy atom. The van der Waals surface area contributed by atoms with Gasteiger partial charge < -0.3 is 15.4 Å². The summed E-state index contributed by atoms with van der Waals surface area (Å²) in [6.45, 7) is 8.21. The molecule has 3 unspecified atom stereocenters. The van der Waals surface area contributed by atoms with Crippen molar-refractivity contribution in [2.45, 2.75) is 64.6 Å². The standard InChI is InChI=1S/C15H26N2O2/c1-6-11(2)17-13-9-7-8-12(13)10-16-14(18)19-15(3,4)5/h1,11-13,17H,7-10H2,2-5H3,(H,16,18). The number of ether oxygens (including phenoxy) is 1. The van der Waals surface area contributed by atoms with Crippen molar-refractivity contribution in [3.05, 3.63) is 0 Å². The van der Waals surface area contributed by atoms with Gasteiger partial charge in [-0.05, 0) is 46.5 Å². The predicted molar refractivity (Wildman–Crippen MR) is 76.8 cm³/mol. The number of alkyl carbamates (subject to hydrolysis) is 1.